The highest BCUT2D eigenvalue weighted by Gasteiger charge is 2.34. The van der Waals surface area contributed by atoms with E-state index in [4.69, 9.17) is 10.7 Å². The normalized spacial score (nSPS) is 16.7. The zero-order valence-electron chi connectivity index (χ0n) is 20.2. The predicted octanol–water partition coefficient (Wildman–Crippen LogP) is 5.55. The van der Waals surface area contributed by atoms with Gasteiger partial charge >= 0.3 is 0 Å². The van der Waals surface area contributed by atoms with Crippen LogP contribution in [0, 0.1) is 0 Å². The lowest BCUT2D eigenvalue weighted by molar-refractivity contribution is -0.0299. The Balaban J connectivity index is 1.44. The fourth-order valence-electron chi connectivity index (χ4n) is 5.32. The van der Waals surface area contributed by atoms with Crippen molar-refractivity contribution in [2.24, 2.45) is 5.73 Å². The number of nitrogens with zero attached hydrogens (tertiary/aromatic N) is 5. The van der Waals surface area contributed by atoms with Gasteiger partial charge in [-0.2, -0.15) is 0 Å². The Morgan fingerprint density at radius 2 is 1.70 bits per heavy atom. The smallest absolute Gasteiger partial charge is 0.168 e. The third-order valence-electron chi connectivity index (χ3n) is 7.60. The third kappa shape index (κ3) is 3.63. The van der Waals surface area contributed by atoms with Crippen molar-refractivity contribution in [2.45, 2.75) is 24.8 Å². The van der Waals surface area contributed by atoms with Crippen LogP contribution >= 0.6 is 0 Å². The van der Waals surface area contributed by atoms with E-state index in [-0.39, 0.29) is 5.54 Å². The maximum absolute atomic E-state index is 9.73. The second kappa shape index (κ2) is 8.37. The first kappa shape index (κ1) is 21.9. The van der Waals surface area contributed by atoms with Gasteiger partial charge in [-0.25, -0.2) is 4.98 Å². The molecule has 7 rings (SSSR count). The van der Waals surface area contributed by atoms with E-state index in [1.165, 1.54) is 12.0 Å². The van der Waals surface area contributed by atoms with Crippen LogP contribution in [-0.2, 0) is 5.54 Å². The number of rotatable bonds is 4. The number of fused-ring (bicyclic) bond motifs is 3. The van der Waals surface area contributed by atoms with Crippen LogP contribution in [0.2, 0.25) is 0 Å². The van der Waals surface area contributed by atoms with E-state index in [2.05, 4.69) is 52.7 Å². The molecule has 1 saturated carbocycles. The van der Waals surface area contributed by atoms with Crippen molar-refractivity contribution in [1.82, 2.24) is 24.6 Å². The summed E-state index contributed by atoms with van der Waals surface area (Å²) in [5, 5.41) is 19.8. The highest BCUT2D eigenvalue weighted by atomic mass is 16.5. The van der Waals surface area contributed by atoms with Crippen molar-refractivity contribution in [3.05, 3.63) is 103 Å². The molecule has 0 radical (unpaired) electrons. The quantitative estimate of drug-likeness (QED) is 0.346. The van der Waals surface area contributed by atoms with Crippen LogP contribution < -0.4 is 5.73 Å². The molecule has 1 aliphatic carbocycles. The SMILES string of the molecule is NC1(c2ccc(-c3nc4ccc5nnc(C6=CCN(O)C=C6)n5c4cc3-c3ccccc3)cc2)CCC1. The molecule has 1 aliphatic heterocycles. The lowest BCUT2D eigenvalue weighted by Gasteiger charge is -2.38. The summed E-state index contributed by atoms with van der Waals surface area (Å²) in [7, 11) is 0. The molecule has 0 spiro atoms. The molecule has 0 bridgehead atoms. The van der Waals surface area contributed by atoms with Gasteiger partial charge in [0, 0.05) is 28.4 Å². The lowest BCUT2D eigenvalue weighted by Crippen LogP contribution is -2.43. The highest BCUT2D eigenvalue weighted by molar-refractivity contribution is 5.92. The van der Waals surface area contributed by atoms with Crippen molar-refractivity contribution in [3.8, 4) is 22.4 Å². The minimum absolute atomic E-state index is 0.191. The largest absolute Gasteiger partial charge is 0.321 e. The van der Waals surface area contributed by atoms with E-state index in [9.17, 15) is 5.21 Å². The first-order valence-corrected chi connectivity index (χ1v) is 12.6. The van der Waals surface area contributed by atoms with Crippen molar-refractivity contribution < 1.29 is 5.21 Å². The average molecular weight is 487 g/mol. The number of allylic oxidation sites excluding steroid dienone is 2. The molecule has 1 fully saturated rings. The summed E-state index contributed by atoms with van der Waals surface area (Å²) in [6.45, 7) is 0.392. The molecule has 7 nitrogen and oxygen atoms in total. The Bertz CT molecular complexity index is 1700. The number of hydrogen-bond acceptors (Lipinski definition) is 6. The summed E-state index contributed by atoms with van der Waals surface area (Å²) in [5.74, 6) is 0.719. The van der Waals surface area contributed by atoms with Gasteiger partial charge in [-0.3, -0.25) is 14.7 Å². The molecule has 5 aromatic rings. The maximum atomic E-state index is 9.73. The van der Waals surface area contributed by atoms with E-state index in [0.29, 0.717) is 6.54 Å². The van der Waals surface area contributed by atoms with Gasteiger partial charge in [0.25, 0.3) is 0 Å². The molecule has 3 aromatic heterocycles. The van der Waals surface area contributed by atoms with Gasteiger partial charge in [0.1, 0.15) is 0 Å². The predicted molar refractivity (Wildman–Crippen MR) is 144 cm³/mol. The number of hydrogen-bond donors (Lipinski definition) is 2. The monoisotopic (exact) mass is 486 g/mol. The number of pyridine rings is 2. The van der Waals surface area contributed by atoms with Gasteiger partial charge in [0.2, 0.25) is 0 Å². The minimum atomic E-state index is -0.191. The standard InChI is InChI=1S/C30H26N6O/c31-30(15-4-16-30)23-9-7-21(8-10-23)28-24(20-5-2-1-3-6-20)19-26-25(32-28)11-12-27-33-34-29(36(26)27)22-13-17-35(37)18-14-22/h1-3,5-14,17,19,37H,4,15-16,18,31H2. The van der Waals surface area contributed by atoms with Crippen LogP contribution in [0.4, 0.5) is 0 Å². The zero-order chi connectivity index (χ0) is 25.0. The number of aromatic nitrogens is 4. The topological polar surface area (TPSA) is 92.6 Å². The third-order valence-corrected chi connectivity index (χ3v) is 7.60. The maximum Gasteiger partial charge on any atom is 0.168 e. The molecule has 4 heterocycles. The number of benzene rings is 2. The molecular weight excluding hydrogens is 460 g/mol. The van der Waals surface area contributed by atoms with Crippen LogP contribution in [-0.4, -0.2) is 36.4 Å². The number of hydroxylamine groups is 2. The second-order valence-electron chi connectivity index (χ2n) is 9.89. The Morgan fingerprint density at radius 3 is 2.41 bits per heavy atom. The lowest BCUT2D eigenvalue weighted by atomic mass is 9.72. The van der Waals surface area contributed by atoms with Gasteiger partial charge in [-0.05, 0) is 54.7 Å². The summed E-state index contributed by atoms with van der Waals surface area (Å²) in [6.07, 6.45) is 8.67. The van der Waals surface area contributed by atoms with E-state index < -0.39 is 0 Å². The van der Waals surface area contributed by atoms with Gasteiger partial charge in [0.15, 0.2) is 11.5 Å². The summed E-state index contributed by atoms with van der Waals surface area (Å²) in [5.41, 5.74) is 15.1. The molecule has 0 atom stereocenters. The summed E-state index contributed by atoms with van der Waals surface area (Å²) < 4.78 is 2.04. The van der Waals surface area contributed by atoms with Gasteiger partial charge in [0.05, 0.1) is 23.3 Å². The molecule has 0 unspecified atom stereocenters. The van der Waals surface area contributed by atoms with Gasteiger partial charge < -0.3 is 5.73 Å². The average Bonchev–Trinajstić information content (AvgIpc) is 3.37. The molecule has 3 N–H and O–H groups in total. The van der Waals surface area contributed by atoms with Crippen LogP contribution in [0.25, 0.3) is 44.6 Å². The van der Waals surface area contributed by atoms with Crippen LogP contribution in [0.5, 0.6) is 0 Å². The summed E-state index contributed by atoms with van der Waals surface area (Å²) in [6, 6.07) is 25.1. The molecule has 182 valence electrons. The highest BCUT2D eigenvalue weighted by Crippen LogP contribution is 2.40. The molecule has 0 saturated heterocycles. The fourth-order valence-corrected chi connectivity index (χ4v) is 5.32. The van der Waals surface area contributed by atoms with Crippen molar-refractivity contribution in [2.75, 3.05) is 6.54 Å². The van der Waals surface area contributed by atoms with Crippen molar-refractivity contribution in [1.29, 1.82) is 0 Å². The van der Waals surface area contributed by atoms with Crippen LogP contribution in [0.15, 0.2) is 91.1 Å². The molecular formula is C30H26N6O. The summed E-state index contributed by atoms with van der Waals surface area (Å²) in [4.78, 5) is 5.18. The molecule has 2 aromatic carbocycles. The fraction of sp³-hybridized carbons (Fsp3) is 0.167. The Hall–Kier alpha value is -4.33. The van der Waals surface area contributed by atoms with Crippen LogP contribution in [0.3, 0.4) is 0 Å². The second-order valence-corrected chi connectivity index (χ2v) is 9.89. The van der Waals surface area contributed by atoms with E-state index >= 15 is 0 Å². The Kier molecular flexibility index (Phi) is 4.96. The Labute approximate surface area is 214 Å². The van der Waals surface area contributed by atoms with Gasteiger partial charge in [-0.15, -0.1) is 10.2 Å². The van der Waals surface area contributed by atoms with E-state index in [1.807, 2.05) is 46.9 Å². The van der Waals surface area contributed by atoms with Crippen molar-refractivity contribution >= 4 is 22.3 Å². The molecule has 7 heteroatoms. The molecule has 0 amide bonds. The zero-order valence-corrected chi connectivity index (χ0v) is 20.2. The van der Waals surface area contributed by atoms with Crippen molar-refractivity contribution in [3.63, 3.8) is 0 Å². The number of nitrogens with two attached hydrogens (primary N) is 1. The first-order valence-electron chi connectivity index (χ1n) is 12.6. The van der Waals surface area contributed by atoms with E-state index in [0.717, 1.165) is 68.4 Å². The van der Waals surface area contributed by atoms with Crippen LogP contribution in [0.1, 0.15) is 30.7 Å². The minimum Gasteiger partial charge on any atom is -0.321 e. The first-order chi connectivity index (χ1) is 18.1. The van der Waals surface area contributed by atoms with E-state index in [1.54, 1.807) is 6.20 Å². The van der Waals surface area contributed by atoms with Gasteiger partial charge in [-0.1, -0.05) is 60.7 Å². The molecule has 2 aliphatic rings. The Morgan fingerprint density at radius 1 is 0.892 bits per heavy atom. The summed E-state index contributed by atoms with van der Waals surface area (Å²) >= 11 is 0. The molecule has 37 heavy (non-hydrogen) atoms.